The molecule has 2 aromatic rings. The molecule has 0 aromatic carbocycles. The van der Waals surface area contributed by atoms with Crippen LogP contribution in [0.5, 0.6) is 0 Å². The lowest BCUT2D eigenvalue weighted by atomic mass is 10.1. The van der Waals surface area contributed by atoms with Crippen molar-refractivity contribution in [3.63, 3.8) is 0 Å². The van der Waals surface area contributed by atoms with Crippen molar-refractivity contribution in [3.8, 4) is 0 Å². The normalized spacial score (nSPS) is 18.5. The van der Waals surface area contributed by atoms with Crippen LogP contribution >= 0.6 is 0 Å². The van der Waals surface area contributed by atoms with Gasteiger partial charge in [0.2, 0.25) is 11.9 Å². The fourth-order valence-corrected chi connectivity index (χ4v) is 4.10. The Morgan fingerprint density at radius 2 is 2.00 bits per heavy atom. The Morgan fingerprint density at radius 3 is 2.77 bits per heavy atom. The van der Waals surface area contributed by atoms with Crippen LogP contribution in [0.25, 0.3) is 0 Å². The third-order valence-electron chi connectivity index (χ3n) is 6.12. The number of piperidine rings is 1. The molecular formula is C21H30F3N9O2. The number of halogens is 3. The number of hydrogen-bond acceptors (Lipinski definition) is 9. The SMILES string of the molecule is CN1CCC(n2cc(Nc3ncc(C(F)(F)F)c(NCCCN4CCOCCC4=O)n3)nn2)CC1. The number of rotatable bonds is 8. The number of ether oxygens (including phenoxy) is 1. The molecule has 0 unspecified atom stereocenters. The molecule has 2 aromatic heterocycles. The van der Waals surface area contributed by atoms with Crippen LogP contribution in [0.4, 0.5) is 30.8 Å². The van der Waals surface area contributed by atoms with Gasteiger partial charge in [-0.05, 0) is 39.4 Å². The van der Waals surface area contributed by atoms with E-state index in [0.29, 0.717) is 45.0 Å². The van der Waals surface area contributed by atoms with Crippen molar-refractivity contribution in [2.45, 2.75) is 37.9 Å². The molecule has 0 bridgehead atoms. The zero-order valence-corrected chi connectivity index (χ0v) is 19.6. The van der Waals surface area contributed by atoms with Gasteiger partial charge < -0.3 is 25.2 Å². The second-order valence-corrected chi connectivity index (χ2v) is 8.72. The van der Waals surface area contributed by atoms with E-state index in [4.69, 9.17) is 4.74 Å². The number of nitrogens with one attached hydrogen (secondary N) is 2. The predicted octanol–water partition coefficient (Wildman–Crippen LogP) is 2.15. The van der Waals surface area contributed by atoms with Crippen LogP contribution in [0.2, 0.25) is 0 Å². The van der Waals surface area contributed by atoms with Crippen LogP contribution in [0.1, 0.15) is 37.3 Å². The van der Waals surface area contributed by atoms with Gasteiger partial charge in [0.25, 0.3) is 0 Å². The third-order valence-corrected chi connectivity index (χ3v) is 6.12. The fourth-order valence-electron chi connectivity index (χ4n) is 4.10. The smallest absolute Gasteiger partial charge is 0.379 e. The first-order valence-corrected chi connectivity index (χ1v) is 11.7. The molecule has 0 atom stereocenters. The first kappa shape index (κ1) is 25.1. The van der Waals surface area contributed by atoms with E-state index in [9.17, 15) is 18.0 Å². The van der Waals surface area contributed by atoms with Crippen molar-refractivity contribution >= 4 is 23.5 Å². The Labute approximate surface area is 201 Å². The topological polar surface area (TPSA) is 113 Å². The van der Waals surface area contributed by atoms with E-state index >= 15 is 0 Å². The first-order chi connectivity index (χ1) is 16.8. The number of carbonyl (C=O) groups is 1. The van der Waals surface area contributed by atoms with Crippen LogP contribution < -0.4 is 10.6 Å². The highest BCUT2D eigenvalue weighted by molar-refractivity contribution is 5.76. The van der Waals surface area contributed by atoms with Gasteiger partial charge in [0.15, 0.2) is 5.82 Å². The molecule has 192 valence electrons. The number of amides is 1. The molecule has 2 fully saturated rings. The van der Waals surface area contributed by atoms with E-state index in [0.717, 1.165) is 32.1 Å². The molecule has 14 heteroatoms. The largest absolute Gasteiger partial charge is 0.421 e. The van der Waals surface area contributed by atoms with Gasteiger partial charge in [0.1, 0.15) is 11.4 Å². The third kappa shape index (κ3) is 6.78. The number of alkyl halides is 3. The number of likely N-dealkylation sites (tertiary alicyclic amines) is 1. The molecule has 4 heterocycles. The van der Waals surface area contributed by atoms with Gasteiger partial charge in [0.05, 0.1) is 31.9 Å². The van der Waals surface area contributed by atoms with Crippen molar-refractivity contribution in [3.05, 3.63) is 18.0 Å². The van der Waals surface area contributed by atoms with E-state index in [2.05, 4.69) is 42.9 Å². The van der Waals surface area contributed by atoms with Crippen LogP contribution in [0.3, 0.4) is 0 Å². The van der Waals surface area contributed by atoms with Crippen molar-refractivity contribution in [1.29, 1.82) is 0 Å². The molecule has 0 aliphatic carbocycles. The monoisotopic (exact) mass is 497 g/mol. The standard InChI is InChI=1S/C21H30F3N9O2/c1-31-8-3-15(4-9-31)33-14-17(29-30-33)27-20-26-13-16(21(22,23)24)19(28-20)25-6-2-7-32-10-12-35-11-5-18(32)34/h13-15H,2-12H2,1H3,(H2,25,26,27,28). The summed E-state index contributed by atoms with van der Waals surface area (Å²) in [6.45, 7) is 3.88. The maximum Gasteiger partial charge on any atom is 0.421 e. The lowest BCUT2D eigenvalue weighted by Gasteiger charge is -2.28. The average Bonchev–Trinajstić information content (AvgIpc) is 3.18. The van der Waals surface area contributed by atoms with Gasteiger partial charge in [-0.15, -0.1) is 5.10 Å². The molecule has 2 aliphatic heterocycles. The second kappa shape index (κ2) is 11.2. The Kier molecular flexibility index (Phi) is 8.00. The molecule has 4 rings (SSSR count). The zero-order valence-electron chi connectivity index (χ0n) is 19.6. The summed E-state index contributed by atoms with van der Waals surface area (Å²) in [5.41, 5.74) is -0.961. The Balaban J connectivity index is 1.38. The Morgan fingerprint density at radius 1 is 1.20 bits per heavy atom. The lowest BCUT2D eigenvalue weighted by molar-refractivity contribution is -0.137. The molecule has 2 aliphatic rings. The molecule has 11 nitrogen and oxygen atoms in total. The summed E-state index contributed by atoms with van der Waals surface area (Å²) in [6.07, 6.45) is 0.507. The van der Waals surface area contributed by atoms with Crippen molar-refractivity contribution in [1.82, 2.24) is 34.8 Å². The minimum Gasteiger partial charge on any atom is -0.379 e. The van der Waals surface area contributed by atoms with Crippen LogP contribution in [-0.2, 0) is 15.7 Å². The van der Waals surface area contributed by atoms with Crippen molar-refractivity contribution < 1.29 is 22.7 Å². The van der Waals surface area contributed by atoms with E-state index in [1.165, 1.54) is 0 Å². The fraction of sp³-hybridized carbons (Fsp3) is 0.667. The highest BCUT2D eigenvalue weighted by Crippen LogP contribution is 2.34. The molecule has 0 radical (unpaired) electrons. The van der Waals surface area contributed by atoms with Gasteiger partial charge in [-0.1, -0.05) is 5.21 Å². The van der Waals surface area contributed by atoms with E-state index < -0.39 is 11.7 Å². The number of anilines is 3. The summed E-state index contributed by atoms with van der Waals surface area (Å²) < 4.78 is 47.6. The minimum atomic E-state index is -4.61. The summed E-state index contributed by atoms with van der Waals surface area (Å²) in [5.74, 6) is -0.00386. The quantitative estimate of drug-likeness (QED) is 0.530. The maximum atomic E-state index is 13.5. The summed E-state index contributed by atoms with van der Waals surface area (Å²) in [6, 6.07) is 0.225. The zero-order chi connectivity index (χ0) is 24.8. The van der Waals surface area contributed by atoms with Gasteiger partial charge in [0, 0.05) is 25.8 Å². The van der Waals surface area contributed by atoms with Gasteiger partial charge in [-0.2, -0.15) is 18.2 Å². The predicted molar refractivity (Wildman–Crippen MR) is 121 cm³/mol. The van der Waals surface area contributed by atoms with E-state index in [-0.39, 0.29) is 30.3 Å². The Hall–Kier alpha value is -3.00. The maximum absolute atomic E-state index is 13.5. The van der Waals surface area contributed by atoms with Crippen LogP contribution in [0.15, 0.2) is 12.4 Å². The van der Waals surface area contributed by atoms with Crippen LogP contribution in [0, 0.1) is 0 Å². The number of carbonyl (C=O) groups excluding carboxylic acids is 1. The summed E-state index contributed by atoms with van der Waals surface area (Å²) in [5, 5.41) is 13.8. The molecule has 2 saturated heterocycles. The van der Waals surface area contributed by atoms with E-state index in [1.807, 2.05) is 0 Å². The molecule has 0 saturated carbocycles. The van der Waals surface area contributed by atoms with Crippen molar-refractivity contribution in [2.24, 2.45) is 0 Å². The highest BCUT2D eigenvalue weighted by atomic mass is 19.4. The summed E-state index contributed by atoms with van der Waals surface area (Å²) >= 11 is 0. The molecular weight excluding hydrogens is 467 g/mol. The van der Waals surface area contributed by atoms with Gasteiger partial charge in [-0.25, -0.2) is 9.67 Å². The molecule has 0 spiro atoms. The lowest BCUT2D eigenvalue weighted by Crippen LogP contribution is -2.33. The van der Waals surface area contributed by atoms with E-state index in [1.54, 1.807) is 15.8 Å². The average molecular weight is 498 g/mol. The number of hydrogen-bond donors (Lipinski definition) is 2. The Bertz CT molecular complexity index is 993. The number of aromatic nitrogens is 5. The van der Waals surface area contributed by atoms with Crippen molar-refractivity contribution in [2.75, 3.05) is 63.6 Å². The minimum absolute atomic E-state index is 0.0136. The molecule has 1 amide bonds. The summed E-state index contributed by atoms with van der Waals surface area (Å²) in [7, 11) is 2.07. The van der Waals surface area contributed by atoms with Gasteiger partial charge in [-0.3, -0.25) is 4.79 Å². The molecule has 35 heavy (non-hydrogen) atoms. The number of nitrogens with zero attached hydrogens (tertiary/aromatic N) is 7. The first-order valence-electron chi connectivity index (χ1n) is 11.7. The highest BCUT2D eigenvalue weighted by Gasteiger charge is 2.35. The molecule has 2 N–H and O–H groups in total. The summed E-state index contributed by atoms with van der Waals surface area (Å²) in [4.78, 5) is 23.8. The van der Waals surface area contributed by atoms with Gasteiger partial charge >= 0.3 is 6.18 Å². The van der Waals surface area contributed by atoms with Crippen LogP contribution in [-0.4, -0.2) is 93.7 Å². The second-order valence-electron chi connectivity index (χ2n) is 8.72.